The van der Waals surface area contributed by atoms with Crippen LogP contribution in [-0.2, 0) is 4.74 Å². The fourth-order valence-electron chi connectivity index (χ4n) is 3.90. The minimum atomic E-state index is -0.543. The van der Waals surface area contributed by atoms with Gasteiger partial charge in [-0.2, -0.15) is 5.10 Å². The Morgan fingerprint density at radius 2 is 1.81 bits per heavy atom. The van der Waals surface area contributed by atoms with Crippen molar-refractivity contribution in [3.05, 3.63) is 33.5 Å². The fraction of sp³-hybridized carbons (Fsp3) is 0.542. The number of hydrogen-bond acceptors (Lipinski definition) is 5. The van der Waals surface area contributed by atoms with Crippen molar-refractivity contribution in [1.82, 2.24) is 14.7 Å². The van der Waals surface area contributed by atoms with Gasteiger partial charge in [-0.3, -0.25) is 9.48 Å². The molecule has 0 spiro atoms. The molecule has 1 saturated carbocycles. The summed E-state index contributed by atoms with van der Waals surface area (Å²) in [5.41, 5.74) is 1.77. The Balaban J connectivity index is 1.59. The van der Waals surface area contributed by atoms with Gasteiger partial charge in [0.1, 0.15) is 22.7 Å². The molecule has 1 saturated heterocycles. The summed E-state index contributed by atoms with van der Waals surface area (Å²) in [4.78, 5) is 26.9. The highest BCUT2D eigenvalue weighted by Gasteiger charge is 2.32. The summed E-state index contributed by atoms with van der Waals surface area (Å²) < 4.78 is 14.1. The van der Waals surface area contributed by atoms with Gasteiger partial charge >= 0.3 is 6.09 Å². The maximum absolute atomic E-state index is 12.6. The zero-order chi connectivity index (χ0) is 23.0. The Morgan fingerprint density at radius 1 is 1.12 bits per heavy atom. The largest absolute Gasteiger partial charge is 0.490 e. The second kappa shape index (κ2) is 9.03. The van der Waals surface area contributed by atoms with Crippen LogP contribution in [0.2, 0.25) is 0 Å². The lowest BCUT2D eigenvalue weighted by Gasteiger charge is -2.34. The summed E-state index contributed by atoms with van der Waals surface area (Å²) in [6.07, 6.45) is 3.95. The highest BCUT2D eigenvalue weighted by atomic mass is 127. The van der Waals surface area contributed by atoms with E-state index in [1.54, 1.807) is 11.8 Å². The molecule has 2 fully saturated rings. The van der Waals surface area contributed by atoms with Crippen LogP contribution in [0.4, 0.5) is 4.79 Å². The Bertz CT molecular complexity index is 1010. The average molecular weight is 551 g/mol. The van der Waals surface area contributed by atoms with Crippen LogP contribution in [0, 0.1) is 3.57 Å². The molecule has 1 atom stereocenters. The molecule has 32 heavy (non-hydrogen) atoms. The van der Waals surface area contributed by atoms with Crippen LogP contribution in [0.1, 0.15) is 69.9 Å². The van der Waals surface area contributed by atoms with Crippen LogP contribution in [0.5, 0.6) is 5.75 Å². The Kier molecular flexibility index (Phi) is 6.51. The number of carbonyl (C=O) groups excluding carboxylic acids is 2. The minimum absolute atomic E-state index is 0.0313. The molecule has 1 aliphatic heterocycles. The van der Waals surface area contributed by atoms with Crippen LogP contribution in [0.25, 0.3) is 11.3 Å². The summed E-state index contributed by atoms with van der Waals surface area (Å²) in [5, 5.41) is 4.86. The smallest absolute Gasteiger partial charge is 0.410 e. The third-order valence-electron chi connectivity index (χ3n) is 5.54. The maximum atomic E-state index is 12.6. The van der Waals surface area contributed by atoms with Gasteiger partial charge in [-0.25, -0.2) is 4.79 Å². The molecule has 1 aromatic heterocycles. The zero-order valence-corrected chi connectivity index (χ0v) is 21.2. The quantitative estimate of drug-likeness (QED) is 0.364. The number of rotatable bonds is 5. The molecule has 4 rings (SSSR count). The first-order chi connectivity index (χ1) is 15.1. The molecule has 2 aliphatic rings. The van der Waals surface area contributed by atoms with Crippen molar-refractivity contribution >= 4 is 34.5 Å². The van der Waals surface area contributed by atoms with E-state index in [1.807, 2.05) is 49.7 Å². The van der Waals surface area contributed by atoms with Gasteiger partial charge in [-0.15, -0.1) is 0 Å². The average Bonchev–Trinajstić information content (AvgIpc) is 3.47. The van der Waals surface area contributed by atoms with Crippen molar-refractivity contribution in [3.8, 4) is 17.0 Å². The molecule has 2 heterocycles. The number of Topliss-reactive ketones (excluding diaryl/α,β-unsaturated/α-hetero) is 1. The predicted molar refractivity (Wildman–Crippen MR) is 130 cm³/mol. The van der Waals surface area contributed by atoms with Crippen molar-refractivity contribution in [1.29, 1.82) is 0 Å². The van der Waals surface area contributed by atoms with E-state index in [4.69, 9.17) is 14.6 Å². The Hall–Kier alpha value is -2.10. The SMILES string of the molecule is CC(=O)c1c(I)c(-c2ccc(OC3CC3)cc2)nn1[C@@H]1CCCN(C(=O)OC(C)(C)C)C1. The molecule has 172 valence electrons. The molecular formula is C24H30IN3O4. The summed E-state index contributed by atoms with van der Waals surface area (Å²) in [5.74, 6) is 0.828. The Morgan fingerprint density at radius 3 is 2.41 bits per heavy atom. The van der Waals surface area contributed by atoms with E-state index < -0.39 is 5.60 Å². The molecule has 7 nitrogen and oxygen atoms in total. The van der Waals surface area contributed by atoms with Crippen LogP contribution < -0.4 is 4.74 Å². The van der Waals surface area contributed by atoms with E-state index in [2.05, 4.69) is 22.6 Å². The van der Waals surface area contributed by atoms with Crippen molar-refractivity contribution in [3.63, 3.8) is 0 Å². The number of hydrogen-bond donors (Lipinski definition) is 0. The van der Waals surface area contributed by atoms with E-state index >= 15 is 0 Å². The van der Waals surface area contributed by atoms with E-state index in [0.717, 1.165) is 46.3 Å². The van der Waals surface area contributed by atoms with E-state index in [-0.39, 0.29) is 17.9 Å². The number of ether oxygens (including phenoxy) is 2. The number of carbonyl (C=O) groups is 2. The number of nitrogens with zero attached hydrogens (tertiary/aromatic N) is 3. The summed E-state index contributed by atoms with van der Waals surface area (Å²) in [7, 11) is 0. The number of likely N-dealkylation sites (tertiary alicyclic amines) is 1. The number of piperidine rings is 1. The van der Waals surface area contributed by atoms with Crippen LogP contribution in [-0.4, -0.2) is 51.4 Å². The topological polar surface area (TPSA) is 73.7 Å². The molecule has 1 amide bonds. The number of aromatic nitrogens is 2. The molecule has 1 aromatic carbocycles. The molecule has 0 unspecified atom stereocenters. The lowest BCUT2D eigenvalue weighted by atomic mass is 10.1. The first-order valence-corrected chi connectivity index (χ1v) is 12.2. The van der Waals surface area contributed by atoms with Gasteiger partial charge in [-0.05, 0) is 93.3 Å². The van der Waals surface area contributed by atoms with Crippen LogP contribution in [0.15, 0.2) is 24.3 Å². The van der Waals surface area contributed by atoms with Gasteiger partial charge in [0.15, 0.2) is 5.78 Å². The molecule has 0 N–H and O–H groups in total. The van der Waals surface area contributed by atoms with Crippen molar-refractivity contribution < 1.29 is 19.1 Å². The highest BCUT2D eigenvalue weighted by molar-refractivity contribution is 14.1. The normalized spacial score (nSPS) is 19.0. The van der Waals surface area contributed by atoms with Crippen molar-refractivity contribution in [2.75, 3.05) is 13.1 Å². The van der Waals surface area contributed by atoms with Crippen LogP contribution in [0.3, 0.4) is 0 Å². The van der Waals surface area contributed by atoms with Gasteiger partial charge in [0, 0.05) is 25.6 Å². The van der Waals surface area contributed by atoms with Gasteiger partial charge in [0.25, 0.3) is 0 Å². The third kappa shape index (κ3) is 5.27. The number of halogens is 1. The third-order valence-corrected chi connectivity index (χ3v) is 6.56. The van der Waals surface area contributed by atoms with E-state index in [9.17, 15) is 9.59 Å². The Labute approximate surface area is 202 Å². The van der Waals surface area contributed by atoms with E-state index in [0.29, 0.717) is 24.9 Å². The number of benzene rings is 1. The summed E-state index contributed by atoms with van der Waals surface area (Å²) in [6, 6.07) is 7.83. The maximum Gasteiger partial charge on any atom is 0.410 e. The van der Waals surface area contributed by atoms with Crippen LogP contribution >= 0.6 is 22.6 Å². The molecule has 0 radical (unpaired) electrons. The second-order valence-corrected chi connectivity index (χ2v) is 10.7. The molecule has 2 aromatic rings. The molecule has 8 heteroatoms. The molecular weight excluding hydrogens is 521 g/mol. The van der Waals surface area contributed by atoms with Gasteiger partial charge in [0.05, 0.1) is 15.7 Å². The van der Waals surface area contributed by atoms with Gasteiger partial charge < -0.3 is 14.4 Å². The summed E-state index contributed by atoms with van der Waals surface area (Å²) >= 11 is 2.21. The highest BCUT2D eigenvalue weighted by Crippen LogP contribution is 2.34. The summed E-state index contributed by atoms with van der Waals surface area (Å²) in [6.45, 7) is 8.28. The van der Waals surface area contributed by atoms with E-state index in [1.165, 1.54) is 0 Å². The molecule has 0 bridgehead atoms. The predicted octanol–water partition coefficient (Wildman–Crippen LogP) is 5.47. The minimum Gasteiger partial charge on any atom is -0.490 e. The monoisotopic (exact) mass is 551 g/mol. The lowest BCUT2D eigenvalue weighted by Crippen LogP contribution is -2.44. The van der Waals surface area contributed by atoms with Crippen molar-refractivity contribution in [2.45, 2.75) is 71.1 Å². The standard InChI is InChI=1S/C24H30IN3O4/c1-15(29)22-20(25)21(16-7-9-18(10-8-16)31-19-11-12-19)26-28(22)17-6-5-13-27(14-17)23(30)32-24(2,3)4/h7-10,17,19H,5-6,11-14H2,1-4H3/t17-/m1/s1. The first-order valence-electron chi connectivity index (χ1n) is 11.2. The fourth-order valence-corrected chi connectivity index (χ4v) is 4.94. The number of ketones is 1. The lowest BCUT2D eigenvalue weighted by molar-refractivity contribution is 0.0167. The van der Waals surface area contributed by atoms with Gasteiger partial charge in [-0.1, -0.05) is 0 Å². The van der Waals surface area contributed by atoms with Gasteiger partial charge in [0.2, 0.25) is 0 Å². The first kappa shape index (κ1) is 23.1. The second-order valence-electron chi connectivity index (χ2n) is 9.58. The zero-order valence-electron chi connectivity index (χ0n) is 19.1. The molecule has 1 aliphatic carbocycles. The number of amides is 1. The van der Waals surface area contributed by atoms with Crippen molar-refractivity contribution in [2.24, 2.45) is 0 Å².